The third kappa shape index (κ3) is 2.38. The van der Waals surface area contributed by atoms with Crippen LogP contribution < -0.4 is 0 Å². The predicted molar refractivity (Wildman–Crippen MR) is 77.6 cm³/mol. The number of alkyl halides is 2. The molecule has 2 aliphatic carbocycles. The standard InChI is InChI=1S/C14H22Cl2N2O/c1-13(10-14(13,15)16)12(19)18-8-6-17(7-9-18)11-4-2-3-5-11/h11H,2-10H2,1H3. The molecule has 1 atom stereocenters. The van der Waals surface area contributed by atoms with Crippen LogP contribution in [0, 0.1) is 5.41 Å². The van der Waals surface area contributed by atoms with Crippen molar-refractivity contribution in [1.29, 1.82) is 0 Å². The van der Waals surface area contributed by atoms with Crippen LogP contribution >= 0.6 is 23.2 Å². The number of piperazine rings is 1. The van der Waals surface area contributed by atoms with Crippen LogP contribution in [0.1, 0.15) is 39.0 Å². The maximum absolute atomic E-state index is 12.5. The summed E-state index contributed by atoms with van der Waals surface area (Å²) in [6.07, 6.45) is 5.98. The largest absolute Gasteiger partial charge is 0.340 e. The fourth-order valence-electron chi connectivity index (χ4n) is 3.54. The number of hydrogen-bond acceptors (Lipinski definition) is 2. The first-order valence-electron chi connectivity index (χ1n) is 7.35. The Morgan fingerprint density at radius 2 is 1.63 bits per heavy atom. The first-order chi connectivity index (χ1) is 8.94. The second-order valence-electron chi connectivity index (χ2n) is 6.48. The Kier molecular flexibility index (Phi) is 3.52. The van der Waals surface area contributed by atoms with Gasteiger partial charge >= 0.3 is 0 Å². The first kappa shape index (κ1) is 14.0. The lowest BCUT2D eigenvalue weighted by molar-refractivity contribution is -0.138. The van der Waals surface area contributed by atoms with E-state index in [1.165, 1.54) is 25.7 Å². The van der Waals surface area contributed by atoms with Crippen molar-refractivity contribution in [2.45, 2.75) is 49.4 Å². The van der Waals surface area contributed by atoms with E-state index in [0.717, 1.165) is 32.2 Å². The van der Waals surface area contributed by atoms with Crippen LogP contribution in [-0.2, 0) is 4.79 Å². The zero-order valence-electron chi connectivity index (χ0n) is 11.5. The van der Waals surface area contributed by atoms with Gasteiger partial charge in [0, 0.05) is 32.2 Å². The van der Waals surface area contributed by atoms with Crippen LogP contribution in [0.15, 0.2) is 0 Å². The Hall–Kier alpha value is 0.01000. The SMILES string of the molecule is CC1(C(=O)N2CCN(C3CCCC3)CC2)CC1(Cl)Cl. The second-order valence-corrected chi connectivity index (χ2v) is 7.96. The van der Waals surface area contributed by atoms with Crippen LogP contribution in [0.4, 0.5) is 0 Å². The van der Waals surface area contributed by atoms with Crippen molar-refractivity contribution < 1.29 is 4.79 Å². The number of nitrogens with zero attached hydrogens (tertiary/aromatic N) is 2. The number of halogens is 2. The predicted octanol–water partition coefficient (Wildman–Crippen LogP) is 2.66. The molecule has 3 fully saturated rings. The Morgan fingerprint density at radius 3 is 2.11 bits per heavy atom. The van der Waals surface area contributed by atoms with Crippen molar-refractivity contribution in [1.82, 2.24) is 9.80 Å². The highest BCUT2D eigenvalue weighted by Gasteiger charge is 2.68. The average Bonchev–Trinajstić information content (AvgIpc) is 2.80. The average molecular weight is 305 g/mol. The van der Waals surface area contributed by atoms with Gasteiger partial charge < -0.3 is 4.90 Å². The summed E-state index contributed by atoms with van der Waals surface area (Å²) in [5, 5.41) is 0. The number of carbonyl (C=O) groups is 1. The maximum Gasteiger partial charge on any atom is 0.231 e. The zero-order chi connectivity index (χ0) is 13.7. The normalized spacial score (nSPS) is 35.6. The molecule has 1 heterocycles. The van der Waals surface area contributed by atoms with Gasteiger partial charge in [-0.2, -0.15) is 0 Å². The van der Waals surface area contributed by atoms with Crippen molar-refractivity contribution in [3.8, 4) is 0 Å². The van der Waals surface area contributed by atoms with Gasteiger partial charge in [-0.1, -0.05) is 12.8 Å². The zero-order valence-corrected chi connectivity index (χ0v) is 13.0. The minimum absolute atomic E-state index is 0.142. The molecule has 1 saturated heterocycles. The minimum atomic E-state index is -0.841. The number of rotatable bonds is 2. The van der Waals surface area contributed by atoms with E-state index in [-0.39, 0.29) is 5.91 Å². The van der Waals surface area contributed by atoms with E-state index in [4.69, 9.17) is 23.2 Å². The van der Waals surface area contributed by atoms with Crippen LogP contribution in [0.3, 0.4) is 0 Å². The molecular formula is C14H22Cl2N2O. The van der Waals surface area contributed by atoms with E-state index < -0.39 is 9.75 Å². The van der Waals surface area contributed by atoms with E-state index in [9.17, 15) is 4.79 Å². The molecule has 0 radical (unpaired) electrons. The summed E-state index contributed by atoms with van der Waals surface area (Å²) in [5.41, 5.74) is -0.550. The molecule has 1 amide bonds. The highest BCUT2D eigenvalue weighted by Crippen LogP contribution is 2.64. The van der Waals surface area contributed by atoms with E-state index in [2.05, 4.69) is 4.90 Å². The fourth-order valence-corrected chi connectivity index (χ4v) is 4.24. The maximum atomic E-state index is 12.5. The minimum Gasteiger partial charge on any atom is -0.340 e. The van der Waals surface area contributed by atoms with E-state index in [1.807, 2.05) is 11.8 Å². The molecule has 3 aliphatic rings. The van der Waals surface area contributed by atoms with Gasteiger partial charge in [-0.15, -0.1) is 23.2 Å². The quantitative estimate of drug-likeness (QED) is 0.732. The summed E-state index contributed by atoms with van der Waals surface area (Å²) in [6.45, 7) is 5.55. The van der Waals surface area contributed by atoms with E-state index in [0.29, 0.717) is 6.42 Å². The molecule has 0 aromatic heterocycles. The second kappa shape index (κ2) is 4.78. The van der Waals surface area contributed by atoms with Crippen molar-refractivity contribution in [2.24, 2.45) is 5.41 Å². The highest BCUT2D eigenvalue weighted by molar-refractivity contribution is 6.53. The van der Waals surface area contributed by atoms with E-state index in [1.54, 1.807) is 0 Å². The van der Waals surface area contributed by atoms with Gasteiger partial charge in [-0.05, 0) is 26.2 Å². The van der Waals surface area contributed by atoms with Crippen molar-refractivity contribution >= 4 is 29.1 Å². The summed E-state index contributed by atoms with van der Waals surface area (Å²) in [6, 6.07) is 0.758. The number of hydrogen-bond donors (Lipinski definition) is 0. The Morgan fingerprint density at radius 1 is 1.11 bits per heavy atom. The molecule has 1 aliphatic heterocycles. The highest BCUT2D eigenvalue weighted by atomic mass is 35.5. The Labute approximate surface area is 125 Å². The molecule has 0 aromatic carbocycles. The summed E-state index contributed by atoms with van der Waals surface area (Å²) in [5.74, 6) is 0.142. The van der Waals surface area contributed by atoms with Crippen molar-refractivity contribution in [3.05, 3.63) is 0 Å². The summed E-state index contributed by atoms with van der Waals surface area (Å²) in [4.78, 5) is 17.0. The van der Waals surface area contributed by atoms with Gasteiger partial charge in [0.25, 0.3) is 0 Å². The van der Waals surface area contributed by atoms with Gasteiger partial charge in [0.05, 0.1) is 5.41 Å². The lowest BCUT2D eigenvalue weighted by Gasteiger charge is -2.39. The van der Waals surface area contributed by atoms with Crippen molar-refractivity contribution in [3.63, 3.8) is 0 Å². The molecule has 1 unspecified atom stereocenters. The molecule has 3 rings (SSSR count). The van der Waals surface area contributed by atoms with Gasteiger partial charge in [-0.25, -0.2) is 0 Å². The Bertz CT molecular complexity index is 374. The summed E-state index contributed by atoms with van der Waals surface area (Å²) < 4.78 is -0.841. The third-order valence-electron chi connectivity index (χ3n) is 5.17. The van der Waals surface area contributed by atoms with Crippen LogP contribution in [0.5, 0.6) is 0 Å². The molecule has 0 N–H and O–H groups in total. The molecule has 0 bridgehead atoms. The Balaban J connectivity index is 1.54. The van der Waals surface area contributed by atoms with Crippen molar-refractivity contribution in [2.75, 3.05) is 26.2 Å². The molecule has 19 heavy (non-hydrogen) atoms. The van der Waals surface area contributed by atoms with Gasteiger partial charge in [-0.3, -0.25) is 9.69 Å². The topological polar surface area (TPSA) is 23.6 Å². The van der Waals surface area contributed by atoms with Crippen LogP contribution in [0.25, 0.3) is 0 Å². The molecule has 0 aromatic rings. The number of amides is 1. The lowest BCUT2D eigenvalue weighted by Crippen LogP contribution is -2.53. The van der Waals surface area contributed by atoms with Crippen LogP contribution in [0.2, 0.25) is 0 Å². The van der Waals surface area contributed by atoms with E-state index >= 15 is 0 Å². The van der Waals surface area contributed by atoms with Gasteiger partial charge in [0.15, 0.2) is 0 Å². The molecule has 0 spiro atoms. The molecule has 108 valence electrons. The van der Waals surface area contributed by atoms with Crippen LogP contribution in [-0.4, -0.2) is 52.3 Å². The molecule has 2 saturated carbocycles. The fraction of sp³-hybridized carbons (Fsp3) is 0.929. The number of carbonyl (C=O) groups excluding carboxylic acids is 1. The molecule has 5 heteroatoms. The smallest absolute Gasteiger partial charge is 0.231 e. The summed E-state index contributed by atoms with van der Waals surface area (Å²) in [7, 11) is 0. The third-order valence-corrected chi connectivity index (χ3v) is 6.27. The molecule has 3 nitrogen and oxygen atoms in total. The molecular weight excluding hydrogens is 283 g/mol. The summed E-state index contributed by atoms with van der Waals surface area (Å²) >= 11 is 12.2. The lowest BCUT2D eigenvalue weighted by atomic mass is 10.1. The van der Waals surface area contributed by atoms with Gasteiger partial charge in [0.1, 0.15) is 4.33 Å². The monoisotopic (exact) mass is 304 g/mol. The van der Waals surface area contributed by atoms with Gasteiger partial charge in [0.2, 0.25) is 5.91 Å². The first-order valence-corrected chi connectivity index (χ1v) is 8.11.